The SMILES string of the molecule is CN1CCC(N(Cc2ccncc2)C(=O)c2cc3ccccc3oc2=O)CC1. The first-order valence-corrected chi connectivity index (χ1v) is 9.53. The first-order chi connectivity index (χ1) is 13.6. The van der Waals surface area contributed by atoms with Crippen LogP contribution in [0.3, 0.4) is 0 Å². The maximum atomic E-state index is 13.4. The van der Waals surface area contributed by atoms with Gasteiger partial charge < -0.3 is 14.2 Å². The van der Waals surface area contributed by atoms with Crippen molar-refractivity contribution >= 4 is 16.9 Å². The van der Waals surface area contributed by atoms with Crippen molar-refractivity contribution in [1.29, 1.82) is 0 Å². The van der Waals surface area contributed by atoms with Gasteiger partial charge in [-0.05, 0) is 62.8 Å². The van der Waals surface area contributed by atoms with Crippen LogP contribution in [-0.2, 0) is 6.54 Å². The van der Waals surface area contributed by atoms with Gasteiger partial charge in [0.05, 0.1) is 0 Å². The van der Waals surface area contributed by atoms with Gasteiger partial charge in [-0.25, -0.2) is 4.79 Å². The molecule has 4 rings (SSSR count). The summed E-state index contributed by atoms with van der Waals surface area (Å²) in [7, 11) is 2.09. The van der Waals surface area contributed by atoms with E-state index in [0.29, 0.717) is 12.1 Å². The predicted octanol–water partition coefficient (Wildman–Crippen LogP) is 2.92. The van der Waals surface area contributed by atoms with Crippen LogP contribution < -0.4 is 5.63 Å². The highest BCUT2D eigenvalue weighted by atomic mass is 16.4. The number of rotatable bonds is 4. The number of aromatic nitrogens is 1. The largest absolute Gasteiger partial charge is 0.422 e. The van der Waals surface area contributed by atoms with Crippen molar-refractivity contribution in [2.45, 2.75) is 25.4 Å². The van der Waals surface area contributed by atoms with Crippen molar-refractivity contribution in [2.24, 2.45) is 0 Å². The lowest BCUT2D eigenvalue weighted by atomic mass is 10.0. The molecule has 3 aromatic rings. The molecular weight excluding hydrogens is 354 g/mol. The van der Waals surface area contributed by atoms with Crippen LogP contribution in [0.1, 0.15) is 28.8 Å². The fourth-order valence-electron chi connectivity index (χ4n) is 3.72. The maximum absolute atomic E-state index is 13.4. The molecule has 6 heteroatoms. The van der Waals surface area contributed by atoms with Gasteiger partial charge in [0.1, 0.15) is 11.1 Å². The summed E-state index contributed by atoms with van der Waals surface area (Å²) < 4.78 is 5.40. The van der Waals surface area contributed by atoms with Crippen LogP contribution in [0.4, 0.5) is 0 Å². The molecule has 0 saturated carbocycles. The van der Waals surface area contributed by atoms with Crippen LogP contribution in [0.15, 0.2) is 64.1 Å². The zero-order chi connectivity index (χ0) is 19.5. The van der Waals surface area contributed by atoms with Crippen LogP contribution in [0.5, 0.6) is 0 Å². The normalized spacial score (nSPS) is 15.6. The Morgan fingerprint density at radius 2 is 1.89 bits per heavy atom. The second kappa shape index (κ2) is 7.94. The van der Waals surface area contributed by atoms with Crippen LogP contribution in [0, 0.1) is 0 Å². The summed E-state index contributed by atoms with van der Waals surface area (Å²) in [5.41, 5.74) is 0.986. The molecule has 0 bridgehead atoms. The van der Waals surface area contributed by atoms with Crippen LogP contribution in [0.2, 0.25) is 0 Å². The molecule has 1 aromatic carbocycles. The highest BCUT2D eigenvalue weighted by Gasteiger charge is 2.29. The van der Waals surface area contributed by atoms with Gasteiger partial charge in [0.25, 0.3) is 5.91 Å². The Bertz CT molecular complexity index is 1020. The molecule has 3 heterocycles. The molecule has 144 valence electrons. The number of hydrogen-bond acceptors (Lipinski definition) is 5. The first-order valence-electron chi connectivity index (χ1n) is 9.53. The minimum Gasteiger partial charge on any atom is -0.422 e. The molecule has 28 heavy (non-hydrogen) atoms. The van der Waals surface area contributed by atoms with E-state index in [-0.39, 0.29) is 17.5 Å². The molecule has 0 spiro atoms. The number of benzene rings is 1. The van der Waals surface area contributed by atoms with E-state index >= 15 is 0 Å². The number of likely N-dealkylation sites (tertiary alicyclic amines) is 1. The lowest BCUT2D eigenvalue weighted by Crippen LogP contribution is -2.47. The van der Waals surface area contributed by atoms with Crippen LogP contribution in [-0.4, -0.2) is 46.9 Å². The Balaban J connectivity index is 1.70. The van der Waals surface area contributed by atoms with Crippen molar-refractivity contribution in [2.75, 3.05) is 20.1 Å². The van der Waals surface area contributed by atoms with Gasteiger partial charge >= 0.3 is 5.63 Å². The molecule has 0 unspecified atom stereocenters. The van der Waals surface area contributed by atoms with Crippen LogP contribution in [0.25, 0.3) is 11.0 Å². The Hall–Kier alpha value is -2.99. The molecule has 2 aromatic heterocycles. The minimum absolute atomic E-state index is 0.0859. The molecule has 1 saturated heterocycles. The minimum atomic E-state index is -0.587. The number of carbonyl (C=O) groups is 1. The summed E-state index contributed by atoms with van der Waals surface area (Å²) in [6.07, 6.45) is 5.20. The zero-order valence-corrected chi connectivity index (χ0v) is 15.9. The monoisotopic (exact) mass is 377 g/mol. The Morgan fingerprint density at radius 1 is 1.18 bits per heavy atom. The third-order valence-corrected chi connectivity index (χ3v) is 5.36. The third kappa shape index (κ3) is 3.82. The lowest BCUT2D eigenvalue weighted by molar-refractivity contribution is 0.0565. The predicted molar refractivity (Wildman–Crippen MR) is 107 cm³/mol. The molecule has 0 aliphatic carbocycles. The van der Waals surface area contributed by atoms with Gasteiger partial charge in [0.2, 0.25) is 0 Å². The summed E-state index contributed by atoms with van der Waals surface area (Å²) >= 11 is 0. The number of nitrogens with zero attached hydrogens (tertiary/aromatic N) is 3. The topological polar surface area (TPSA) is 66.7 Å². The van der Waals surface area contributed by atoms with Gasteiger partial charge in [-0.3, -0.25) is 9.78 Å². The van der Waals surface area contributed by atoms with Crippen molar-refractivity contribution in [3.05, 3.63) is 76.4 Å². The highest BCUT2D eigenvalue weighted by Crippen LogP contribution is 2.21. The molecule has 1 fully saturated rings. The van der Waals surface area contributed by atoms with E-state index in [9.17, 15) is 9.59 Å². The van der Waals surface area contributed by atoms with Gasteiger partial charge in [-0.2, -0.15) is 0 Å². The standard InChI is InChI=1S/C22H23N3O3/c1-24-12-8-18(9-13-24)25(15-16-6-10-23-11-7-16)21(26)19-14-17-4-2-3-5-20(17)28-22(19)27/h2-7,10-11,14,18H,8-9,12-13,15H2,1H3. The van der Waals surface area contributed by atoms with Crippen LogP contribution >= 0.6 is 0 Å². The summed E-state index contributed by atoms with van der Waals surface area (Å²) in [4.78, 5) is 34.1. The van der Waals surface area contributed by atoms with Crippen molar-refractivity contribution in [1.82, 2.24) is 14.8 Å². The Kier molecular flexibility index (Phi) is 5.21. The fourth-order valence-corrected chi connectivity index (χ4v) is 3.72. The van der Waals surface area contributed by atoms with Crippen molar-refractivity contribution in [3.8, 4) is 0 Å². The molecule has 1 amide bonds. The molecule has 0 atom stereocenters. The molecular formula is C22H23N3O3. The number of para-hydroxylation sites is 1. The highest BCUT2D eigenvalue weighted by molar-refractivity contribution is 5.96. The Morgan fingerprint density at radius 3 is 2.64 bits per heavy atom. The maximum Gasteiger partial charge on any atom is 0.349 e. The van der Waals surface area contributed by atoms with E-state index in [4.69, 9.17) is 4.42 Å². The average Bonchev–Trinajstić information content (AvgIpc) is 2.72. The van der Waals surface area contributed by atoms with E-state index in [1.165, 1.54) is 0 Å². The van der Waals surface area contributed by atoms with E-state index < -0.39 is 5.63 Å². The lowest BCUT2D eigenvalue weighted by Gasteiger charge is -2.37. The van der Waals surface area contributed by atoms with Crippen molar-refractivity contribution in [3.63, 3.8) is 0 Å². The average molecular weight is 377 g/mol. The smallest absolute Gasteiger partial charge is 0.349 e. The summed E-state index contributed by atoms with van der Waals surface area (Å²) in [6, 6.07) is 12.8. The third-order valence-electron chi connectivity index (χ3n) is 5.36. The number of piperidine rings is 1. The summed E-state index contributed by atoms with van der Waals surface area (Å²) in [5.74, 6) is -0.272. The summed E-state index contributed by atoms with van der Waals surface area (Å²) in [6.45, 7) is 2.30. The number of pyridine rings is 1. The van der Waals surface area contributed by atoms with Crippen molar-refractivity contribution < 1.29 is 9.21 Å². The number of fused-ring (bicyclic) bond motifs is 1. The quantitative estimate of drug-likeness (QED) is 0.654. The number of hydrogen-bond donors (Lipinski definition) is 0. The van der Waals surface area contributed by atoms with Gasteiger partial charge in [-0.1, -0.05) is 18.2 Å². The van der Waals surface area contributed by atoms with Gasteiger partial charge in [0.15, 0.2) is 0 Å². The van der Waals surface area contributed by atoms with E-state index in [2.05, 4.69) is 16.9 Å². The van der Waals surface area contributed by atoms with E-state index in [1.54, 1.807) is 30.6 Å². The molecule has 0 radical (unpaired) electrons. The fraction of sp³-hybridized carbons (Fsp3) is 0.318. The van der Waals surface area contributed by atoms with Gasteiger partial charge in [-0.15, -0.1) is 0 Å². The van der Waals surface area contributed by atoms with Gasteiger partial charge in [0, 0.05) is 30.4 Å². The molecule has 1 aliphatic rings. The number of amides is 1. The molecule has 6 nitrogen and oxygen atoms in total. The van der Waals surface area contributed by atoms with E-state index in [0.717, 1.165) is 36.9 Å². The second-order valence-corrected chi connectivity index (χ2v) is 7.31. The first kappa shape index (κ1) is 18.4. The zero-order valence-electron chi connectivity index (χ0n) is 15.9. The molecule has 1 aliphatic heterocycles. The molecule has 0 N–H and O–H groups in total. The van der Waals surface area contributed by atoms with E-state index in [1.807, 2.05) is 29.2 Å². The summed E-state index contributed by atoms with van der Waals surface area (Å²) in [5, 5.41) is 0.748. The Labute approximate surface area is 163 Å². The second-order valence-electron chi connectivity index (χ2n) is 7.31. The number of carbonyl (C=O) groups excluding carboxylic acids is 1.